The predicted molar refractivity (Wildman–Crippen MR) is 70.2 cm³/mol. The second-order valence-electron chi connectivity index (χ2n) is 3.90. The van der Waals surface area contributed by atoms with Gasteiger partial charge in [-0.3, -0.25) is 0 Å². The maximum atomic E-state index is 8.67. The fourth-order valence-electron chi connectivity index (χ4n) is 1.93. The Hall–Kier alpha value is -2.27. The quantitative estimate of drug-likeness (QED) is 0.809. The zero-order valence-electron chi connectivity index (χ0n) is 9.56. The minimum absolute atomic E-state index is 0.531. The Morgan fingerprint density at radius 2 is 1.59 bits per heavy atom. The van der Waals surface area contributed by atoms with Gasteiger partial charge in [-0.05, 0) is 23.6 Å². The number of nitrogens with two attached hydrogens (primary N) is 1. The molecule has 0 spiro atoms. The second-order valence-corrected chi connectivity index (χ2v) is 3.90. The van der Waals surface area contributed by atoms with Gasteiger partial charge < -0.3 is 5.73 Å². The topological polar surface area (TPSA) is 49.8 Å². The summed E-state index contributed by atoms with van der Waals surface area (Å²) in [6.45, 7) is 0. The van der Waals surface area contributed by atoms with Crippen LogP contribution in [0.4, 0.5) is 5.69 Å². The molecule has 2 heteroatoms. The fraction of sp³-hybridized carbons (Fsp3) is 0.133. The molecule has 2 N–H and O–H groups in total. The lowest BCUT2D eigenvalue weighted by molar-refractivity contribution is 1.01. The monoisotopic (exact) mass is 222 g/mol. The van der Waals surface area contributed by atoms with Gasteiger partial charge in [0.1, 0.15) is 0 Å². The molecule has 0 aliphatic carbocycles. The van der Waals surface area contributed by atoms with E-state index in [2.05, 4.69) is 18.2 Å². The fourth-order valence-corrected chi connectivity index (χ4v) is 1.93. The number of benzene rings is 2. The van der Waals surface area contributed by atoms with Crippen LogP contribution < -0.4 is 5.73 Å². The molecular weight excluding hydrogens is 208 g/mol. The van der Waals surface area contributed by atoms with Crippen molar-refractivity contribution in [3.8, 4) is 17.2 Å². The van der Waals surface area contributed by atoms with Crippen LogP contribution in [0.1, 0.15) is 12.0 Å². The minimum Gasteiger partial charge on any atom is -0.398 e. The summed E-state index contributed by atoms with van der Waals surface area (Å²) in [5.74, 6) is 0. The lowest BCUT2D eigenvalue weighted by Gasteiger charge is -2.10. The number of nitrogen functional groups attached to an aromatic ring is 1. The Morgan fingerprint density at radius 3 is 2.29 bits per heavy atom. The number of nitrogens with zero attached hydrogens (tertiary/aromatic N) is 1. The van der Waals surface area contributed by atoms with Gasteiger partial charge in [0.2, 0.25) is 0 Å². The average Bonchev–Trinajstić information content (AvgIpc) is 2.37. The molecule has 0 amide bonds. The summed E-state index contributed by atoms with van der Waals surface area (Å²) in [6, 6.07) is 18.1. The van der Waals surface area contributed by atoms with E-state index in [0.29, 0.717) is 6.42 Å². The van der Waals surface area contributed by atoms with E-state index in [9.17, 15) is 0 Å². The molecule has 0 atom stereocenters. The molecule has 0 aromatic heterocycles. The van der Waals surface area contributed by atoms with Gasteiger partial charge in [-0.2, -0.15) is 5.26 Å². The van der Waals surface area contributed by atoms with Crippen LogP contribution in [0.15, 0.2) is 48.5 Å². The first kappa shape index (κ1) is 11.2. The van der Waals surface area contributed by atoms with E-state index in [1.807, 2.05) is 36.4 Å². The van der Waals surface area contributed by atoms with Crippen molar-refractivity contribution < 1.29 is 0 Å². The van der Waals surface area contributed by atoms with Crippen molar-refractivity contribution in [1.29, 1.82) is 5.26 Å². The predicted octanol–water partition coefficient (Wildman–Crippen LogP) is 3.39. The third-order valence-electron chi connectivity index (χ3n) is 2.77. The van der Waals surface area contributed by atoms with E-state index in [0.717, 1.165) is 23.2 Å². The molecule has 2 aromatic carbocycles. The van der Waals surface area contributed by atoms with Gasteiger partial charge >= 0.3 is 0 Å². The number of anilines is 1. The van der Waals surface area contributed by atoms with E-state index >= 15 is 0 Å². The number of para-hydroxylation sites is 1. The van der Waals surface area contributed by atoms with Crippen molar-refractivity contribution in [3.05, 3.63) is 54.1 Å². The maximum Gasteiger partial charge on any atom is 0.0625 e. The number of nitriles is 1. The normalized spacial score (nSPS) is 9.82. The Labute approximate surface area is 101 Å². The summed E-state index contributed by atoms with van der Waals surface area (Å²) in [6.07, 6.45) is 1.30. The maximum absolute atomic E-state index is 8.67. The Bertz CT molecular complexity index is 553. The summed E-state index contributed by atoms with van der Waals surface area (Å²) in [5.41, 5.74) is 10.1. The zero-order valence-corrected chi connectivity index (χ0v) is 9.56. The molecule has 0 saturated heterocycles. The van der Waals surface area contributed by atoms with Crippen molar-refractivity contribution in [2.75, 3.05) is 5.73 Å². The van der Waals surface area contributed by atoms with E-state index in [1.165, 1.54) is 5.56 Å². The van der Waals surface area contributed by atoms with Gasteiger partial charge in [-0.15, -0.1) is 0 Å². The molecule has 0 heterocycles. The first-order valence-electron chi connectivity index (χ1n) is 5.62. The van der Waals surface area contributed by atoms with Crippen LogP contribution in [0.5, 0.6) is 0 Å². The summed E-state index contributed by atoms with van der Waals surface area (Å²) < 4.78 is 0. The summed E-state index contributed by atoms with van der Waals surface area (Å²) in [7, 11) is 0. The van der Waals surface area contributed by atoms with Crippen LogP contribution in [0.2, 0.25) is 0 Å². The van der Waals surface area contributed by atoms with Crippen LogP contribution >= 0.6 is 0 Å². The van der Waals surface area contributed by atoms with Crippen molar-refractivity contribution in [2.45, 2.75) is 12.8 Å². The number of aryl methyl sites for hydroxylation is 1. The molecule has 0 aliphatic heterocycles. The Kier molecular flexibility index (Phi) is 3.42. The molecule has 0 aliphatic rings. The van der Waals surface area contributed by atoms with E-state index < -0.39 is 0 Å². The molecule has 0 unspecified atom stereocenters. The SMILES string of the molecule is N#CCCc1ccccc1-c1ccccc1N. The van der Waals surface area contributed by atoms with E-state index in [-0.39, 0.29) is 0 Å². The van der Waals surface area contributed by atoms with Gasteiger partial charge in [0, 0.05) is 17.7 Å². The van der Waals surface area contributed by atoms with Crippen molar-refractivity contribution in [1.82, 2.24) is 0 Å². The highest BCUT2D eigenvalue weighted by atomic mass is 14.6. The molecule has 0 fully saturated rings. The molecule has 2 aromatic rings. The van der Waals surface area contributed by atoms with Gasteiger partial charge in [0.05, 0.1) is 6.07 Å². The third-order valence-corrected chi connectivity index (χ3v) is 2.77. The summed E-state index contributed by atoms with van der Waals surface area (Å²) in [4.78, 5) is 0. The molecule has 0 saturated carbocycles. The average molecular weight is 222 g/mol. The van der Waals surface area contributed by atoms with Crippen LogP contribution in [-0.4, -0.2) is 0 Å². The first-order valence-corrected chi connectivity index (χ1v) is 5.62. The van der Waals surface area contributed by atoms with Crippen molar-refractivity contribution in [2.24, 2.45) is 0 Å². The molecule has 17 heavy (non-hydrogen) atoms. The van der Waals surface area contributed by atoms with E-state index in [4.69, 9.17) is 11.0 Å². The van der Waals surface area contributed by atoms with Gasteiger partial charge in [-0.1, -0.05) is 42.5 Å². The van der Waals surface area contributed by atoms with E-state index in [1.54, 1.807) is 0 Å². The highest BCUT2D eigenvalue weighted by Crippen LogP contribution is 2.29. The van der Waals surface area contributed by atoms with Gasteiger partial charge in [0.25, 0.3) is 0 Å². The van der Waals surface area contributed by atoms with Crippen LogP contribution in [0, 0.1) is 11.3 Å². The largest absolute Gasteiger partial charge is 0.398 e. The molecule has 0 bridgehead atoms. The van der Waals surface area contributed by atoms with Gasteiger partial charge in [0.15, 0.2) is 0 Å². The van der Waals surface area contributed by atoms with Crippen LogP contribution in [0.3, 0.4) is 0 Å². The third kappa shape index (κ3) is 2.46. The molecule has 2 nitrogen and oxygen atoms in total. The van der Waals surface area contributed by atoms with Crippen molar-refractivity contribution >= 4 is 5.69 Å². The van der Waals surface area contributed by atoms with Gasteiger partial charge in [-0.25, -0.2) is 0 Å². The highest BCUT2D eigenvalue weighted by molar-refractivity contribution is 5.78. The minimum atomic E-state index is 0.531. The molecule has 2 rings (SSSR count). The molecule has 0 radical (unpaired) electrons. The second kappa shape index (κ2) is 5.18. The standard InChI is InChI=1S/C15H14N2/c16-11-5-7-12-6-1-2-8-13(12)14-9-3-4-10-15(14)17/h1-4,6,8-10H,5,7,17H2. The highest BCUT2D eigenvalue weighted by Gasteiger charge is 2.06. The Balaban J connectivity index is 2.45. The van der Waals surface area contributed by atoms with Crippen LogP contribution in [0.25, 0.3) is 11.1 Å². The van der Waals surface area contributed by atoms with Crippen molar-refractivity contribution in [3.63, 3.8) is 0 Å². The first-order chi connectivity index (χ1) is 8.33. The summed E-state index contributed by atoms with van der Waals surface area (Å²) in [5, 5.41) is 8.67. The smallest absolute Gasteiger partial charge is 0.0625 e. The zero-order chi connectivity index (χ0) is 12.1. The van der Waals surface area contributed by atoms with Crippen LogP contribution in [-0.2, 0) is 6.42 Å². The summed E-state index contributed by atoms with van der Waals surface area (Å²) >= 11 is 0. The lowest BCUT2D eigenvalue weighted by atomic mass is 9.96. The Morgan fingerprint density at radius 1 is 0.941 bits per heavy atom. The number of hydrogen-bond acceptors (Lipinski definition) is 2. The number of hydrogen-bond donors (Lipinski definition) is 1. The number of rotatable bonds is 3. The molecular formula is C15H14N2. The lowest BCUT2D eigenvalue weighted by Crippen LogP contribution is -1.93. The molecule has 84 valence electrons.